The van der Waals surface area contributed by atoms with Crippen molar-refractivity contribution < 1.29 is 4.79 Å². The zero-order valence-electron chi connectivity index (χ0n) is 10.4. The van der Waals surface area contributed by atoms with Crippen LogP contribution in [0.2, 0.25) is 0 Å². The summed E-state index contributed by atoms with van der Waals surface area (Å²) in [7, 11) is 0. The Bertz CT molecular complexity index is 254. The maximum Gasteiger partial charge on any atom is 0.133 e. The maximum atomic E-state index is 11.6. The normalized spacial score (nSPS) is 39.9. The van der Waals surface area contributed by atoms with E-state index in [9.17, 15) is 4.79 Å². The van der Waals surface area contributed by atoms with Crippen LogP contribution in [-0.2, 0) is 4.79 Å². The second-order valence-corrected chi connectivity index (χ2v) is 6.15. The molecule has 0 saturated heterocycles. The number of carbonyl (C=O) groups excluding carboxylic acids is 1. The molecule has 2 fully saturated rings. The van der Waals surface area contributed by atoms with Gasteiger partial charge in [-0.1, -0.05) is 27.2 Å². The van der Waals surface area contributed by atoms with E-state index in [1.54, 1.807) is 0 Å². The third-order valence-corrected chi connectivity index (χ3v) is 5.20. The summed E-state index contributed by atoms with van der Waals surface area (Å²) < 4.78 is 0. The van der Waals surface area contributed by atoms with E-state index in [-0.39, 0.29) is 0 Å². The fraction of sp³-hybridized carbons (Fsp3) is 0.929. The van der Waals surface area contributed by atoms with Gasteiger partial charge in [0.1, 0.15) is 5.78 Å². The van der Waals surface area contributed by atoms with Crippen LogP contribution in [0.25, 0.3) is 0 Å². The standard InChI is InChI=1S/C14H24O/c1-4-11-7-5-10-6-8-12(15)9-13(10)14(11,2)3/h10-11,13H,4-9H2,1-3H3/t10?,11-,13+/m1/s1. The van der Waals surface area contributed by atoms with E-state index in [1.807, 2.05) is 0 Å². The molecule has 1 nitrogen and oxygen atoms in total. The molecule has 86 valence electrons. The van der Waals surface area contributed by atoms with Crippen LogP contribution in [0.5, 0.6) is 0 Å². The van der Waals surface area contributed by atoms with Crippen molar-refractivity contribution in [3.63, 3.8) is 0 Å². The van der Waals surface area contributed by atoms with Gasteiger partial charge in [-0.25, -0.2) is 0 Å². The summed E-state index contributed by atoms with van der Waals surface area (Å²) in [5.74, 6) is 2.88. The molecule has 0 spiro atoms. The quantitative estimate of drug-likeness (QED) is 0.640. The molecule has 0 bridgehead atoms. The molecule has 0 N–H and O–H groups in total. The fourth-order valence-corrected chi connectivity index (χ4v) is 4.10. The van der Waals surface area contributed by atoms with E-state index < -0.39 is 0 Å². The predicted molar refractivity (Wildman–Crippen MR) is 62.6 cm³/mol. The lowest BCUT2D eigenvalue weighted by atomic mass is 9.54. The average Bonchev–Trinajstić information content (AvgIpc) is 2.19. The van der Waals surface area contributed by atoms with Crippen molar-refractivity contribution in [2.75, 3.05) is 0 Å². The molecule has 0 heterocycles. The van der Waals surface area contributed by atoms with Gasteiger partial charge in [0.15, 0.2) is 0 Å². The molecule has 0 amide bonds. The fourth-order valence-electron chi connectivity index (χ4n) is 4.10. The first kappa shape index (κ1) is 11.2. The zero-order chi connectivity index (χ0) is 11.1. The van der Waals surface area contributed by atoms with E-state index in [2.05, 4.69) is 20.8 Å². The first-order valence-corrected chi connectivity index (χ1v) is 6.57. The Hall–Kier alpha value is -0.330. The van der Waals surface area contributed by atoms with Crippen LogP contribution in [0.15, 0.2) is 0 Å². The van der Waals surface area contributed by atoms with Crippen molar-refractivity contribution in [3.05, 3.63) is 0 Å². The van der Waals surface area contributed by atoms with Crippen molar-refractivity contribution in [2.24, 2.45) is 23.2 Å². The van der Waals surface area contributed by atoms with Crippen molar-refractivity contribution in [2.45, 2.75) is 59.3 Å². The van der Waals surface area contributed by atoms with Gasteiger partial charge in [-0.2, -0.15) is 0 Å². The van der Waals surface area contributed by atoms with Crippen LogP contribution in [0.3, 0.4) is 0 Å². The summed E-state index contributed by atoms with van der Waals surface area (Å²) in [5, 5.41) is 0. The van der Waals surface area contributed by atoms with Crippen LogP contribution in [-0.4, -0.2) is 5.78 Å². The van der Waals surface area contributed by atoms with Crippen LogP contribution >= 0.6 is 0 Å². The van der Waals surface area contributed by atoms with Crippen molar-refractivity contribution in [3.8, 4) is 0 Å². The number of hydrogen-bond donors (Lipinski definition) is 0. The molecule has 15 heavy (non-hydrogen) atoms. The van der Waals surface area contributed by atoms with Gasteiger partial charge < -0.3 is 0 Å². The summed E-state index contributed by atoms with van der Waals surface area (Å²) in [6, 6.07) is 0. The number of ketones is 1. The van der Waals surface area contributed by atoms with Crippen LogP contribution < -0.4 is 0 Å². The molecule has 3 atom stereocenters. The molecule has 1 unspecified atom stereocenters. The summed E-state index contributed by atoms with van der Waals surface area (Å²) in [4.78, 5) is 11.6. The van der Waals surface area contributed by atoms with E-state index in [1.165, 1.54) is 25.7 Å². The SMILES string of the molecule is CC[C@@H]1CCC2CCC(=O)C[C@@H]2C1(C)C. The number of carbonyl (C=O) groups is 1. The Morgan fingerprint density at radius 2 is 2.00 bits per heavy atom. The minimum absolute atomic E-state index is 0.397. The Morgan fingerprint density at radius 3 is 2.67 bits per heavy atom. The predicted octanol–water partition coefficient (Wildman–Crippen LogP) is 3.82. The van der Waals surface area contributed by atoms with Gasteiger partial charge >= 0.3 is 0 Å². The summed E-state index contributed by atoms with van der Waals surface area (Å²) >= 11 is 0. The lowest BCUT2D eigenvalue weighted by Crippen LogP contribution is -2.44. The Balaban J connectivity index is 2.18. The number of rotatable bonds is 1. The second kappa shape index (κ2) is 3.92. The molecule has 1 heteroatoms. The molecule has 2 saturated carbocycles. The lowest BCUT2D eigenvalue weighted by molar-refractivity contribution is -0.127. The molecule has 0 aromatic carbocycles. The molecule has 2 aliphatic carbocycles. The highest BCUT2D eigenvalue weighted by molar-refractivity contribution is 5.79. The molecule has 2 rings (SSSR count). The lowest BCUT2D eigenvalue weighted by Gasteiger charge is -2.51. The highest BCUT2D eigenvalue weighted by atomic mass is 16.1. The first-order valence-electron chi connectivity index (χ1n) is 6.57. The number of Topliss-reactive ketones (excluding diaryl/α,β-unsaturated/α-hetero) is 1. The Labute approximate surface area is 93.6 Å². The molecule has 2 aliphatic rings. The van der Waals surface area contributed by atoms with Gasteiger partial charge in [0, 0.05) is 12.8 Å². The van der Waals surface area contributed by atoms with Gasteiger partial charge in [-0.3, -0.25) is 4.79 Å². The van der Waals surface area contributed by atoms with Crippen molar-refractivity contribution in [1.29, 1.82) is 0 Å². The minimum atomic E-state index is 0.397. The largest absolute Gasteiger partial charge is 0.300 e. The minimum Gasteiger partial charge on any atom is -0.300 e. The molecule has 0 aromatic heterocycles. The van der Waals surface area contributed by atoms with E-state index in [0.29, 0.717) is 17.1 Å². The Morgan fingerprint density at radius 1 is 1.27 bits per heavy atom. The third-order valence-electron chi connectivity index (χ3n) is 5.20. The van der Waals surface area contributed by atoms with E-state index in [4.69, 9.17) is 0 Å². The highest BCUT2D eigenvalue weighted by Crippen LogP contribution is 2.53. The zero-order valence-corrected chi connectivity index (χ0v) is 10.4. The van der Waals surface area contributed by atoms with E-state index >= 15 is 0 Å². The van der Waals surface area contributed by atoms with Gasteiger partial charge in [0.25, 0.3) is 0 Å². The molecule has 0 radical (unpaired) electrons. The summed E-state index contributed by atoms with van der Waals surface area (Å²) in [6.45, 7) is 7.10. The van der Waals surface area contributed by atoms with Gasteiger partial charge in [-0.05, 0) is 42.4 Å². The topological polar surface area (TPSA) is 17.1 Å². The van der Waals surface area contributed by atoms with Gasteiger partial charge in [0.05, 0.1) is 0 Å². The maximum absolute atomic E-state index is 11.6. The number of hydrogen-bond acceptors (Lipinski definition) is 1. The first-order chi connectivity index (χ1) is 7.05. The van der Waals surface area contributed by atoms with Crippen molar-refractivity contribution in [1.82, 2.24) is 0 Å². The third kappa shape index (κ3) is 1.86. The molecular weight excluding hydrogens is 184 g/mol. The van der Waals surface area contributed by atoms with Crippen LogP contribution in [0.1, 0.15) is 59.3 Å². The molecular formula is C14H24O. The van der Waals surface area contributed by atoms with Gasteiger partial charge in [-0.15, -0.1) is 0 Å². The molecule has 0 aromatic rings. The van der Waals surface area contributed by atoms with Crippen LogP contribution in [0.4, 0.5) is 0 Å². The monoisotopic (exact) mass is 208 g/mol. The summed E-state index contributed by atoms with van der Waals surface area (Å²) in [5.41, 5.74) is 0.397. The van der Waals surface area contributed by atoms with Crippen molar-refractivity contribution >= 4 is 5.78 Å². The smallest absolute Gasteiger partial charge is 0.133 e. The highest BCUT2D eigenvalue weighted by Gasteiger charge is 2.46. The number of fused-ring (bicyclic) bond motifs is 1. The second-order valence-electron chi connectivity index (χ2n) is 6.15. The Kier molecular flexibility index (Phi) is 2.92. The van der Waals surface area contributed by atoms with Gasteiger partial charge in [0.2, 0.25) is 0 Å². The van der Waals surface area contributed by atoms with E-state index in [0.717, 1.165) is 24.7 Å². The average molecular weight is 208 g/mol. The van der Waals surface area contributed by atoms with Crippen LogP contribution in [0, 0.1) is 23.2 Å². The molecule has 0 aliphatic heterocycles. The summed E-state index contributed by atoms with van der Waals surface area (Å²) in [6.07, 6.45) is 6.94.